The Morgan fingerprint density at radius 1 is 1.14 bits per heavy atom. The highest BCUT2D eigenvalue weighted by Crippen LogP contribution is 2.31. The van der Waals surface area contributed by atoms with E-state index in [2.05, 4.69) is 21.7 Å². The minimum absolute atomic E-state index is 0.0327. The lowest BCUT2D eigenvalue weighted by Gasteiger charge is -2.36. The predicted octanol–water partition coefficient (Wildman–Crippen LogP) is 3.49. The van der Waals surface area contributed by atoms with Gasteiger partial charge in [0.05, 0.1) is 23.3 Å². The number of nitrogens with zero attached hydrogens (tertiary/aromatic N) is 6. The minimum Gasteiger partial charge on any atom is -0.496 e. The number of hydrogen-bond acceptors (Lipinski definition) is 8. The summed E-state index contributed by atoms with van der Waals surface area (Å²) in [5.41, 5.74) is 1.81. The van der Waals surface area contributed by atoms with Crippen LogP contribution in [-0.2, 0) is 11.3 Å². The highest BCUT2D eigenvalue weighted by Gasteiger charge is 2.23. The van der Waals surface area contributed by atoms with E-state index < -0.39 is 4.92 Å². The molecular formula is C24H26N6O4S. The summed E-state index contributed by atoms with van der Waals surface area (Å²) in [7, 11) is 1.61. The number of nitro groups is 1. The number of para-hydroxylation sites is 1. The molecule has 182 valence electrons. The van der Waals surface area contributed by atoms with E-state index >= 15 is 0 Å². The topological polar surface area (TPSA) is 107 Å². The number of hydrogen-bond donors (Lipinski definition) is 0. The van der Waals surface area contributed by atoms with E-state index in [1.165, 1.54) is 23.9 Å². The molecule has 0 saturated carbocycles. The smallest absolute Gasteiger partial charge is 0.269 e. The molecule has 1 fully saturated rings. The molecule has 0 atom stereocenters. The number of thioether (sulfide) groups is 1. The Bertz CT molecular complexity index is 1200. The molecule has 1 aromatic heterocycles. The number of piperazine rings is 1. The molecule has 1 aliphatic rings. The Hall–Kier alpha value is -3.86. The first-order valence-electron chi connectivity index (χ1n) is 11.1. The number of methoxy groups -OCH3 is 1. The van der Waals surface area contributed by atoms with Crippen molar-refractivity contribution in [2.75, 3.05) is 43.9 Å². The molecule has 0 radical (unpaired) electrons. The number of non-ortho nitro benzene ring substituents is 1. The van der Waals surface area contributed by atoms with Crippen molar-refractivity contribution in [2.24, 2.45) is 0 Å². The number of rotatable bonds is 9. The predicted molar refractivity (Wildman–Crippen MR) is 135 cm³/mol. The fraction of sp³-hybridized carbons (Fsp3) is 0.292. The third-order valence-corrected chi connectivity index (χ3v) is 6.71. The third-order valence-electron chi connectivity index (χ3n) is 5.76. The Morgan fingerprint density at radius 3 is 2.51 bits per heavy atom. The van der Waals surface area contributed by atoms with E-state index in [4.69, 9.17) is 4.74 Å². The molecule has 2 aromatic carbocycles. The maximum atomic E-state index is 12.9. The van der Waals surface area contributed by atoms with Gasteiger partial charge >= 0.3 is 0 Å². The largest absolute Gasteiger partial charge is 0.496 e. The quantitative estimate of drug-likeness (QED) is 0.193. The lowest BCUT2D eigenvalue weighted by atomic mass is 10.2. The second-order valence-corrected chi connectivity index (χ2v) is 8.78. The van der Waals surface area contributed by atoms with Crippen molar-refractivity contribution >= 4 is 29.0 Å². The van der Waals surface area contributed by atoms with Crippen LogP contribution >= 0.6 is 11.8 Å². The third kappa shape index (κ3) is 5.46. The average Bonchev–Trinajstić information content (AvgIpc) is 3.29. The fourth-order valence-corrected chi connectivity index (χ4v) is 4.79. The molecule has 35 heavy (non-hydrogen) atoms. The second kappa shape index (κ2) is 11.0. The number of anilines is 1. The average molecular weight is 495 g/mol. The van der Waals surface area contributed by atoms with Crippen molar-refractivity contribution in [3.8, 4) is 17.1 Å². The lowest BCUT2D eigenvalue weighted by molar-refractivity contribution is -0.384. The van der Waals surface area contributed by atoms with Gasteiger partial charge in [-0.1, -0.05) is 30.0 Å². The number of benzene rings is 2. The molecule has 2 heterocycles. The first kappa shape index (κ1) is 24.3. The molecule has 0 N–H and O–H groups in total. The number of nitro benzene ring substituents is 1. The van der Waals surface area contributed by atoms with Crippen LogP contribution in [0.3, 0.4) is 0 Å². The molecule has 11 heteroatoms. The molecule has 0 aliphatic carbocycles. The van der Waals surface area contributed by atoms with Crippen LogP contribution in [0, 0.1) is 10.1 Å². The molecule has 10 nitrogen and oxygen atoms in total. The maximum Gasteiger partial charge on any atom is 0.269 e. The van der Waals surface area contributed by atoms with E-state index in [-0.39, 0.29) is 17.3 Å². The fourth-order valence-electron chi connectivity index (χ4n) is 3.93. The van der Waals surface area contributed by atoms with Crippen molar-refractivity contribution in [2.45, 2.75) is 11.7 Å². The Kier molecular flexibility index (Phi) is 7.66. The van der Waals surface area contributed by atoms with E-state index in [0.717, 1.165) is 11.3 Å². The molecule has 1 saturated heterocycles. The summed E-state index contributed by atoms with van der Waals surface area (Å²) in [6, 6.07) is 14.1. The van der Waals surface area contributed by atoms with Gasteiger partial charge in [0, 0.05) is 50.5 Å². The van der Waals surface area contributed by atoms with Gasteiger partial charge in [0.25, 0.3) is 5.69 Å². The van der Waals surface area contributed by atoms with Gasteiger partial charge < -0.3 is 14.5 Å². The van der Waals surface area contributed by atoms with Gasteiger partial charge in [-0.3, -0.25) is 19.5 Å². The van der Waals surface area contributed by atoms with Crippen LogP contribution in [0.5, 0.6) is 5.75 Å². The van der Waals surface area contributed by atoms with Crippen LogP contribution in [0.15, 0.2) is 66.3 Å². The summed E-state index contributed by atoms with van der Waals surface area (Å²) in [6.45, 7) is 6.84. The first-order valence-corrected chi connectivity index (χ1v) is 12.1. The zero-order valence-corrected chi connectivity index (χ0v) is 20.2. The van der Waals surface area contributed by atoms with Gasteiger partial charge in [0.2, 0.25) is 5.91 Å². The van der Waals surface area contributed by atoms with E-state index in [1.54, 1.807) is 25.3 Å². The van der Waals surface area contributed by atoms with Crippen LogP contribution in [0.25, 0.3) is 11.4 Å². The minimum atomic E-state index is -0.410. The van der Waals surface area contributed by atoms with Gasteiger partial charge in [-0.2, -0.15) is 0 Å². The van der Waals surface area contributed by atoms with Gasteiger partial charge in [-0.25, -0.2) is 0 Å². The summed E-state index contributed by atoms with van der Waals surface area (Å²) in [6.07, 6.45) is 1.77. The van der Waals surface area contributed by atoms with Crippen molar-refractivity contribution in [1.29, 1.82) is 0 Å². The maximum absolute atomic E-state index is 12.9. The number of amides is 1. The number of ether oxygens (including phenoxy) is 1. The zero-order chi connectivity index (χ0) is 24.8. The van der Waals surface area contributed by atoms with Gasteiger partial charge in [-0.05, 0) is 24.3 Å². The second-order valence-electron chi connectivity index (χ2n) is 7.84. The van der Waals surface area contributed by atoms with Crippen LogP contribution in [-0.4, -0.2) is 69.5 Å². The lowest BCUT2D eigenvalue weighted by Crippen LogP contribution is -2.49. The SMILES string of the molecule is C=CCn1c(SCC(=O)N2CCN(c3ccc([N+](=O)[O-])cc3)CC2)nnc1-c1ccccc1OC. The van der Waals surface area contributed by atoms with Crippen LogP contribution in [0.1, 0.15) is 0 Å². The Labute approximate surface area is 207 Å². The number of carbonyl (C=O) groups is 1. The molecule has 1 amide bonds. The molecule has 0 unspecified atom stereocenters. The van der Waals surface area contributed by atoms with Crippen LogP contribution < -0.4 is 9.64 Å². The van der Waals surface area contributed by atoms with E-state index in [0.29, 0.717) is 49.5 Å². The van der Waals surface area contributed by atoms with Crippen LogP contribution in [0.2, 0.25) is 0 Å². The summed E-state index contributed by atoms with van der Waals surface area (Å²) in [5, 5.41) is 20.2. The standard InChI is InChI=1S/C24H26N6O4S/c1-3-12-29-23(20-6-4-5-7-21(20)34-2)25-26-24(29)35-17-22(31)28-15-13-27(14-16-28)18-8-10-19(11-9-18)30(32)33/h3-11H,1,12-17H2,2H3. The molecule has 0 spiro atoms. The molecule has 1 aliphatic heterocycles. The van der Waals surface area contributed by atoms with Gasteiger partial charge in [-0.15, -0.1) is 16.8 Å². The summed E-state index contributed by atoms with van der Waals surface area (Å²) in [5.74, 6) is 1.64. The van der Waals surface area contributed by atoms with Gasteiger partial charge in [0.1, 0.15) is 5.75 Å². The molecule has 3 aromatic rings. The van der Waals surface area contributed by atoms with E-state index in [9.17, 15) is 14.9 Å². The Balaban J connectivity index is 1.37. The summed E-state index contributed by atoms with van der Waals surface area (Å²) >= 11 is 1.35. The first-order chi connectivity index (χ1) is 17.0. The Morgan fingerprint density at radius 2 is 1.86 bits per heavy atom. The number of carbonyl (C=O) groups excluding carboxylic acids is 1. The summed E-state index contributed by atoms with van der Waals surface area (Å²) < 4.78 is 7.39. The van der Waals surface area contributed by atoms with Crippen LogP contribution in [0.4, 0.5) is 11.4 Å². The van der Waals surface area contributed by atoms with Crippen molar-refractivity contribution in [3.63, 3.8) is 0 Å². The monoisotopic (exact) mass is 494 g/mol. The van der Waals surface area contributed by atoms with Crippen molar-refractivity contribution in [3.05, 3.63) is 71.3 Å². The number of aromatic nitrogens is 3. The van der Waals surface area contributed by atoms with Gasteiger partial charge in [0.15, 0.2) is 11.0 Å². The van der Waals surface area contributed by atoms with Crippen molar-refractivity contribution < 1.29 is 14.5 Å². The molecule has 4 rings (SSSR count). The molecule has 0 bridgehead atoms. The molecular weight excluding hydrogens is 468 g/mol. The summed E-state index contributed by atoms with van der Waals surface area (Å²) in [4.78, 5) is 27.3. The van der Waals surface area contributed by atoms with Crippen molar-refractivity contribution in [1.82, 2.24) is 19.7 Å². The zero-order valence-electron chi connectivity index (χ0n) is 19.4. The highest BCUT2D eigenvalue weighted by molar-refractivity contribution is 7.99. The number of allylic oxidation sites excluding steroid dienone is 1. The van der Waals surface area contributed by atoms with E-state index in [1.807, 2.05) is 33.7 Å². The highest BCUT2D eigenvalue weighted by atomic mass is 32.2. The normalized spacial score (nSPS) is 13.5.